The molecule has 0 radical (unpaired) electrons. The molecule has 3 nitrogen and oxygen atoms in total. The first kappa shape index (κ1) is 16.0. The van der Waals surface area contributed by atoms with Gasteiger partial charge in [0.25, 0.3) is 0 Å². The van der Waals surface area contributed by atoms with E-state index in [1.807, 2.05) is 37.3 Å². The molecule has 1 saturated heterocycles. The third-order valence-corrected chi connectivity index (χ3v) is 4.76. The van der Waals surface area contributed by atoms with Crippen LogP contribution in [-0.2, 0) is 4.79 Å². The minimum atomic E-state index is -0.232. The van der Waals surface area contributed by atoms with Crippen molar-refractivity contribution in [3.8, 4) is 0 Å². The maximum Gasteiger partial charge on any atom is 0.227 e. The Kier molecular flexibility index (Phi) is 5.40. The molecule has 0 bridgehead atoms. The van der Waals surface area contributed by atoms with Crippen LogP contribution in [0.3, 0.4) is 0 Å². The van der Waals surface area contributed by atoms with Crippen LogP contribution in [0.4, 0.5) is 0 Å². The average molecular weight is 288 g/mol. The van der Waals surface area contributed by atoms with Gasteiger partial charge in [-0.1, -0.05) is 50.6 Å². The fourth-order valence-corrected chi connectivity index (χ4v) is 3.21. The summed E-state index contributed by atoms with van der Waals surface area (Å²) in [6.07, 6.45) is 3.53. The van der Waals surface area contributed by atoms with Crippen molar-refractivity contribution in [3.63, 3.8) is 0 Å². The number of amides is 1. The fraction of sp³-hybridized carbons (Fsp3) is 0.611. The lowest BCUT2D eigenvalue weighted by Crippen LogP contribution is -2.45. The first-order valence-corrected chi connectivity index (χ1v) is 8.11. The summed E-state index contributed by atoms with van der Waals surface area (Å²) < 4.78 is 0. The number of carbonyl (C=O) groups excluding carboxylic acids is 1. The standard InChI is InChI=1S/C18H28N2O/c1-13-8-7-9-14(2)20(12-13)18(21)15(3)17(19)16-10-5-4-6-11-16/h4-6,10-11,13-15,17H,7-9,12,19H2,1-3H3. The molecule has 1 aliphatic rings. The Morgan fingerprint density at radius 3 is 2.57 bits per heavy atom. The number of nitrogens with two attached hydrogens (primary N) is 1. The molecule has 2 N–H and O–H groups in total. The maximum atomic E-state index is 12.9. The SMILES string of the molecule is CC1CCCC(C)N(C(=O)C(C)C(N)c2ccccc2)C1. The molecule has 1 aromatic rings. The minimum Gasteiger partial charge on any atom is -0.339 e. The van der Waals surface area contributed by atoms with E-state index in [-0.39, 0.29) is 17.9 Å². The first-order valence-electron chi connectivity index (χ1n) is 8.11. The molecule has 1 amide bonds. The zero-order valence-corrected chi connectivity index (χ0v) is 13.5. The molecule has 0 spiro atoms. The van der Waals surface area contributed by atoms with Crippen LogP contribution in [0, 0.1) is 11.8 Å². The molecule has 3 heteroatoms. The Morgan fingerprint density at radius 2 is 1.90 bits per heavy atom. The molecule has 4 atom stereocenters. The summed E-state index contributed by atoms with van der Waals surface area (Å²) in [6, 6.07) is 10.0. The highest BCUT2D eigenvalue weighted by Crippen LogP contribution is 2.26. The third-order valence-electron chi connectivity index (χ3n) is 4.76. The normalized spacial score (nSPS) is 26.0. The van der Waals surface area contributed by atoms with Crippen molar-refractivity contribution in [1.82, 2.24) is 4.90 Å². The van der Waals surface area contributed by atoms with E-state index in [0.29, 0.717) is 12.0 Å². The van der Waals surface area contributed by atoms with Gasteiger partial charge in [0.15, 0.2) is 0 Å². The van der Waals surface area contributed by atoms with Crippen molar-refractivity contribution in [2.45, 2.75) is 52.1 Å². The number of rotatable bonds is 3. The smallest absolute Gasteiger partial charge is 0.227 e. The molecule has 4 unspecified atom stereocenters. The Bertz CT molecular complexity index is 460. The molecule has 116 valence electrons. The summed E-state index contributed by atoms with van der Waals surface area (Å²) in [6.45, 7) is 7.23. The quantitative estimate of drug-likeness (QED) is 0.927. The Labute approximate surface area is 128 Å². The molecule has 1 fully saturated rings. The van der Waals surface area contributed by atoms with E-state index in [9.17, 15) is 4.79 Å². The van der Waals surface area contributed by atoms with E-state index in [0.717, 1.165) is 18.5 Å². The van der Waals surface area contributed by atoms with Gasteiger partial charge in [-0.2, -0.15) is 0 Å². The summed E-state index contributed by atoms with van der Waals surface area (Å²) in [7, 11) is 0. The topological polar surface area (TPSA) is 46.3 Å². The molecule has 0 aliphatic carbocycles. The molecular formula is C18H28N2O. The van der Waals surface area contributed by atoms with E-state index in [2.05, 4.69) is 18.7 Å². The number of benzene rings is 1. The number of nitrogens with zero attached hydrogens (tertiary/aromatic N) is 1. The van der Waals surface area contributed by atoms with Crippen molar-refractivity contribution in [3.05, 3.63) is 35.9 Å². The van der Waals surface area contributed by atoms with Crippen molar-refractivity contribution in [2.75, 3.05) is 6.54 Å². The van der Waals surface area contributed by atoms with Crippen molar-refractivity contribution in [1.29, 1.82) is 0 Å². The second kappa shape index (κ2) is 7.08. The van der Waals surface area contributed by atoms with E-state index in [1.165, 1.54) is 12.8 Å². The maximum absolute atomic E-state index is 12.9. The summed E-state index contributed by atoms with van der Waals surface area (Å²) >= 11 is 0. The minimum absolute atomic E-state index is 0.180. The van der Waals surface area contributed by atoms with Gasteiger partial charge in [0, 0.05) is 18.6 Å². The van der Waals surface area contributed by atoms with Crippen molar-refractivity contribution < 1.29 is 4.79 Å². The predicted molar refractivity (Wildman–Crippen MR) is 86.7 cm³/mol. The number of hydrogen-bond acceptors (Lipinski definition) is 2. The first-order chi connectivity index (χ1) is 10.0. The van der Waals surface area contributed by atoms with Crippen LogP contribution < -0.4 is 5.73 Å². The van der Waals surface area contributed by atoms with Gasteiger partial charge in [-0.15, -0.1) is 0 Å². The molecule has 0 saturated carbocycles. The number of hydrogen-bond donors (Lipinski definition) is 1. The van der Waals surface area contributed by atoms with E-state index in [1.54, 1.807) is 0 Å². The lowest BCUT2D eigenvalue weighted by molar-refractivity contribution is -0.138. The monoisotopic (exact) mass is 288 g/mol. The third kappa shape index (κ3) is 3.85. The highest BCUT2D eigenvalue weighted by Gasteiger charge is 2.31. The van der Waals surface area contributed by atoms with Gasteiger partial charge in [-0.25, -0.2) is 0 Å². The molecular weight excluding hydrogens is 260 g/mol. The molecule has 2 rings (SSSR count). The Hall–Kier alpha value is -1.35. The van der Waals surface area contributed by atoms with Crippen LogP contribution >= 0.6 is 0 Å². The van der Waals surface area contributed by atoms with Gasteiger partial charge in [-0.3, -0.25) is 4.79 Å². The predicted octanol–water partition coefficient (Wildman–Crippen LogP) is 3.36. The van der Waals surface area contributed by atoms with Gasteiger partial charge in [0.1, 0.15) is 0 Å². The van der Waals surface area contributed by atoms with Gasteiger partial charge in [0.2, 0.25) is 5.91 Å². The highest BCUT2D eigenvalue weighted by molar-refractivity contribution is 5.79. The Morgan fingerprint density at radius 1 is 1.24 bits per heavy atom. The molecule has 1 aliphatic heterocycles. The summed E-state index contributed by atoms with van der Waals surface area (Å²) in [5, 5.41) is 0. The molecule has 0 aromatic heterocycles. The van der Waals surface area contributed by atoms with Crippen LogP contribution in [0.25, 0.3) is 0 Å². The van der Waals surface area contributed by atoms with Gasteiger partial charge in [0.05, 0.1) is 5.92 Å². The second-order valence-corrected chi connectivity index (χ2v) is 6.60. The summed E-state index contributed by atoms with van der Waals surface area (Å²) in [5.41, 5.74) is 7.35. The number of likely N-dealkylation sites (tertiary alicyclic amines) is 1. The van der Waals surface area contributed by atoms with Gasteiger partial charge < -0.3 is 10.6 Å². The van der Waals surface area contributed by atoms with E-state index < -0.39 is 0 Å². The largest absolute Gasteiger partial charge is 0.339 e. The summed E-state index contributed by atoms with van der Waals surface area (Å²) in [5.74, 6) is 0.604. The highest BCUT2D eigenvalue weighted by atomic mass is 16.2. The van der Waals surface area contributed by atoms with Crippen molar-refractivity contribution in [2.24, 2.45) is 17.6 Å². The zero-order valence-electron chi connectivity index (χ0n) is 13.5. The van der Waals surface area contributed by atoms with Crippen molar-refractivity contribution >= 4 is 5.91 Å². The lowest BCUT2D eigenvalue weighted by atomic mass is 9.93. The second-order valence-electron chi connectivity index (χ2n) is 6.60. The van der Waals surface area contributed by atoms with Gasteiger partial charge >= 0.3 is 0 Å². The molecule has 21 heavy (non-hydrogen) atoms. The number of carbonyl (C=O) groups is 1. The lowest BCUT2D eigenvalue weighted by Gasteiger charge is -2.33. The van der Waals surface area contributed by atoms with Gasteiger partial charge in [-0.05, 0) is 31.2 Å². The van der Waals surface area contributed by atoms with Crippen LogP contribution in [0.5, 0.6) is 0 Å². The van der Waals surface area contributed by atoms with Crippen LogP contribution in [0.15, 0.2) is 30.3 Å². The summed E-state index contributed by atoms with van der Waals surface area (Å²) in [4.78, 5) is 14.9. The van der Waals surface area contributed by atoms with E-state index >= 15 is 0 Å². The molecule has 1 aromatic carbocycles. The van der Waals surface area contributed by atoms with Crippen LogP contribution in [-0.4, -0.2) is 23.4 Å². The van der Waals surface area contributed by atoms with Crippen LogP contribution in [0.2, 0.25) is 0 Å². The Balaban J connectivity index is 2.10. The van der Waals surface area contributed by atoms with E-state index in [4.69, 9.17) is 5.73 Å². The molecule has 1 heterocycles. The average Bonchev–Trinajstić information content (AvgIpc) is 2.67. The fourth-order valence-electron chi connectivity index (χ4n) is 3.21. The zero-order chi connectivity index (χ0) is 15.4. The van der Waals surface area contributed by atoms with Crippen LogP contribution in [0.1, 0.15) is 51.6 Å².